The molecular weight excluding hydrogens is 345 g/mol. The highest BCUT2D eigenvalue weighted by molar-refractivity contribution is 7.14. The van der Waals surface area contributed by atoms with Gasteiger partial charge in [-0.1, -0.05) is 41.7 Å². The number of nitrogens with two attached hydrogens (primary N) is 1. The summed E-state index contributed by atoms with van der Waals surface area (Å²) < 4.78 is 36.0. The Labute approximate surface area is 138 Å². The van der Waals surface area contributed by atoms with E-state index in [4.69, 9.17) is 5.84 Å². The quantitative estimate of drug-likeness (QED) is 0.368. The van der Waals surface area contributed by atoms with Crippen molar-refractivity contribution in [2.75, 3.05) is 0 Å². The second kappa shape index (κ2) is 7.64. The first-order valence-corrected chi connectivity index (χ1v) is 7.26. The van der Waals surface area contributed by atoms with Crippen LogP contribution in [0.3, 0.4) is 0 Å². The number of hydrogen-bond donors (Lipinski definition) is 2. The molecule has 0 bridgehead atoms. The monoisotopic (exact) mass is 356 g/mol. The number of halogens is 3. The van der Waals surface area contributed by atoms with E-state index in [1.165, 1.54) is 11.3 Å². The average Bonchev–Trinajstić information content (AvgIpc) is 3.02. The molecule has 2 rings (SSSR count). The van der Waals surface area contributed by atoms with Gasteiger partial charge in [0.15, 0.2) is 5.71 Å². The molecule has 0 saturated heterocycles. The largest absolute Gasteiger partial charge is 0.503 e. The molecule has 0 aliphatic carbocycles. The topological polar surface area (TPSA) is 106 Å². The Balaban J connectivity index is 1.97. The van der Waals surface area contributed by atoms with Crippen molar-refractivity contribution >= 4 is 29.2 Å². The van der Waals surface area contributed by atoms with Crippen molar-refractivity contribution < 1.29 is 18.0 Å². The van der Waals surface area contributed by atoms with Gasteiger partial charge in [-0.3, -0.25) is 4.79 Å². The maximum Gasteiger partial charge on any atom is 0.503 e. The summed E-state index contributed by atoms with van der Waals surface area (Å²) in [4.78, 5) is 13.9. The standard InChI is InChI=1S/C13H11F3N6OS/c14-13(15,16)19-6-9(20-17)11(23)18-7-10-21-22-12(24-10)8-4-2-1-3-5-8/h1-6H,7,17H2,(H,18,23)/b19-6+,20-9+. The van der Waals surface area contributed by atoms with Crippen molar-refractivity contribution in [2.45, 2.75) is 12.8 Å². The van der Waals surface area contributed by atoms with Crippen molar-refractivity contribution in [3.8, 4) is 10.6 Å². The molecule has 0 unspecified atom stereocenters. The molecule has 0 aliphatic heterocycles. The molecular formula is C13H11F3N6OS. The maximum atomic E-state index is 12.0. The fourth-order valence-corrected chi connectivity index (χ4v) is 2.34. The Bertz CT molecular complexity index is 757. The normalized spacial score (nSPS) is 12.5. The zero-order chi connectivity index (χ0) is 17.6. The van der Waals surface area contributed by atoms with Crippen LogP contribution in [0.4, 0.5) is 13.2 Å². The van der Waals surface area contributed by atoms with E-state index in [0.29, 0.717) is 10.0 Å². The number of nitrogens with zero attached hydrogens (tertiary/aromatic N) is 4. The van der Waals surface area contributed by atoms with Gasteiger partial charge in [0.05, 0.1) is 12.8 Å². The first kappa shape index (κ1) is 17.5. The van der Waals surface area contributed by atoms with Crippen molar-refractivity contribution in [3.05, 3.63) is 35.3 Å². The number of carbonyl (C=O) groups is 1. The smallest absolute Gasteiger partial charge is 0.344 e. The minimum absolute atomic E-state index is 0.0256. The van der Waals surface area contributed by atoms with Gasteiger partial charge in [0.1, 0.15) is 10.0 Å². The van der Waals surface area contributed by atoms with Crippen LogP contribution in [0, 0.1) is 0 Å². The molecule has 0 radical (unpaired) electrons. The SMILES string of the molecule is N/N=C(\C=N\C(F)(F)F)C(=O)NCc1nnc(-c2ccccc2)s1. The van der Waals surface area contributed by atoms with E-state index in [9.17, 15) is 18.0 Å². The van der Waals surface area contributed by atoms with E-state index in [1.54, 1.807) is 0 Å². The first-order chi connectivity index (χ1) is 11.4. The van der Waals surface area contributed by atoms with Crippen LogP contribution in [0.5, 0.6) is 0 Å². The van der Waals surface area contributed by atoms with Gasteiger partial charge in [0.2, 0.25) is 0 Å². The lowest BCUT2D eigenvalue weighted by Gasteiger charge is -2.02. The van der Waals surface area contributed by atoms with Crippen molar-refractivity contribution in [2.24, 2.45) is 15.9 Å². The summed E-state index contributed by atoms with van der Waals surface area (Å²) in [5.74, 6) is 3.99. The highest BCUT2D eigenvalue weighted by Gasteiger charge is 2.25. The molecule has 2 aromatic rings. The molecule has 3 N–H and O–H groups in total. The summed E-state index contributed by atoms with van der Waals surface area (Å²) in [7, 11) is 0. The number of hydrogen-bond acceptors (Lipinski definition) is 7. The van der Waals surface area contributed by atoms with Crippen LogP contribution in [0.25, 0.3) is 10.6 Å². The molecule has 0 spiro atoms. The van der Waals surface area contributed by atoms with Crippen LogP contribution in [0.2, 0.25) is 0 Å². The van der Waals surface area contributed by atoms with Crippen LogP contribution in [-0.2, 0) is 11.3 Å². The molecule has 1 aromatic heterocycles. The summed E-state index contributed by atoms with van der Waals surface area (Å²) in [5.41, 5.74) is 0.217. The van der Waals surface area contributed by atoms with Gasteiger partial charge in [0, 0.05) is 5.56 Å². The van der Waals surface area contributed by atoms with E-state index in [-0.39, 0.29) is 12.8 Å². The summed E-state index contributed by atoms with van der Waals surface area (Å²) in [6.45, 7) is -0.0256. The van der Waals surface area contributed by atoms with Crippen molar-refractivity contribution in [1.82, 2.24) is 15.5 Å². The fourth-order valence-electron chi connectivity index (χ4n) is 1.55. The van der Waals surface area contributed by atoms with Gasteiger partial charge in [-0.2, -0.15) is 10.1 Å². The minimum atomic E-state index is -4.81. The summed E-state index contributed by atoms with van der Waals surface area (Å²) in [6.07, 6.45) is -4.55. The lowest BCUT2D eigenvalue weighted by atomic mass is 10.2. The molecule has 1 amide bonds. The number of carbonyl (C=O) groups excluding carboxylic acids is 1. The minimum Gasteiger partial charge on any atom is -0.344 e. The second-order valence-electron chi connectivity index (χ2n) is 4.29. The molecule has 7 nitrogen and oxygen atoms in total. The number of aliphatic imine (C=N–C) groups is 1. The van der Waals surface area contributed by atoms with Crippen LogP contribution in [0.15, 0.2) is 40.4 Å². The number of aromatic nitrogens is 2. The van der Waals surface area contributed by atoms with Crippen molar-refractivity contribution in [1.29, 1.82) is 0 Å². The molecule has 24 heavy (non-hydrogen) atoms. The summed E-state index contributed by atoms with van der Waals surface area (Å²) >= 11 is 1.24. The number of nitrogens with one attached hydrogen (secondary N) is 1. The fraction of sp³-hybridized carbons (Fsp3) is 0.154. The number of hydrazone groups is 1. The van der Waals surface area contributed by atoms with Crippen LogP contribution < -0.4 is 11.2 Å². The molecule has 126 valence electrons. The van der Waals surface area contributed by atoms with Gasteiger partial charge < -0.3 is 11.2 Å². The zero-order valence-corrected chi connectivity index (χ0v) is 12.8. The molecule has 11 heteroatoms. The van der Waals surface area contributed by atoms with Gasteiger partial charge in [-0.25, -0.2) is 0 Å². The van der Waals surface area contributed by atoms with Crippen LogP contribution >= 0.6 is 11.3 Å². The Hall–Kier alpha value is -2.82. The predicted molar refractivity (Wildman–Crippen MR) is 83.4 cm³/mol. The lowest BCUT2D eigenvalue weighted by Crippen LogP contribution is -2.32. The average molecular weight is 356 g/mol. The van der Waals surface area contributed by atoms with E-state index in [2.05, 4.69) is 25.6 Å². The number of amides is 1. The third kappa shape index (κ3) is 5.12. The van der Waals surface area contributed by atoms with Crippen LogP contribution in [0.1, 0.15) is 5.01 Å². The molecule has 0 saturated carbocycles. The van der Waals surface area contributed by atoms with Gasteiger partial charge in [-0.05, 0) is 0 Å². The number of rotatable bonds is 5. The second-order valence-corrected chi connectivity index (χ2v) is 5.35. The summed E-state index contributed by atoms with van der Waals surface area (Å²) in [6, 6.07) is 9.28. The molecule has 1 aromatic carbocycles. The van der Waals surface area contributed by atoms with Gasteiger partial charge >= 0.3 is 6.30 Å². The first-order valence-electron chi connectivity index (χ1n) is 6.45. The zero-order valence-electron chi connectivity index (χ0n) is 12.0. The van der Waals surface area contributed by atoms with Crippen LogP contribution in [-0.4, -0.2) is 34.3 Å². The Morgan fingerprint density at radius 3 is 2.62 bits per heavy atom. The molecule has 0 fully saturated rings. The molecule has 1 heterocycles. The van der Waals surface area contributed by atoms with Gasteiger partial charge in [-0.15, -0.1) is 23.4 Å². The lowest BCUT2D eigenvalue weighted by molar-refractivity contribution is -0.118. The van der Waals surface area contributed by atoms with E-state index in [1.807, 2.05) is 30.3 Å². The van der Waals surface area contributed by atoms with E-state index >= 15 is 0 Å². The summed E-state index contributed by atoms with van der Waals surface area (Å²) in [5, 5.41) is 14.4. The predicted octanol–water partition coefficient (Wildman–Crippen LogP) is 1.73. The Kier molecular flexibility index (Phi) is 5.58. The Morgan fingerprint density at radius 2 is 2.00 bits per heavy atom. The number of benzene rings is 1. The highest BCUT2D eigenvalue weighted by atomic mass is 32.1. The highest BCUT2D eigenvalue weighted by Crippen LogP contribution is 2.22. The van der Waals surface area contributed by atoms with Gasteiger partial charge in [0.25, 0.3) is 5.91 Å². The Morgan fingerprint density at radius 1 is 1.29 bits per heavy atom. The van der Waals surface area contributed by atoms with E-state index < -0.39 is 17.9 Å². The molecule has 0 atom stereocenters. The molecule has 0 aliphatic rings. The number of alkyl halides is 3. The third-order valence-corrected chi connectivity index (χ3v) is 3.57. The third-order valence-electron chi connectivity index (χ3n) is 2.59. The maximum absolute atomic E-state index is 12.0. The van der Waals surface area contributed by atoms with Crippen molar-refractivity contribution in [3.63, 3.8) is 0 Å². The van der Waals surface area contributed by atoms with E-state index in [0.717, 1.165) is 5.56 Å².